The van der Waals surface area contributed by atoms with Crippen LogP contribution in [-0.4, -0.2) is 41.0 Å². The first-order chi connectivity index (χ1) is 11.3. The lowest BCUT2D eigenvalue weighted by Crippen LogP contribution is -2.48. The number of rotatable bonds is 4. The van der Waals surface area contributed by atoms with Gasteiger partial charge in [0.05, 0.1) is 24.1 Å². The molecule has 0 bridgehead atoms. The minimum atomic E-state index is -0.248. The summed E-state index contributed by atoms with van der Waals surface area (Å²) in [7, 11) is 1.67. The van der Waals surface area contributed by atoms with Crippen molar-refractivity contribution in [3.8, 4) is 0 Å². The Morgan fingerprint density at radius 2 is 2.04 bits per heavy atom. The van der Waals surface area contributed by atoms with Crippen molar-refractivity contribution in [2.24, 2.45) is 4.99 Å². The van der Waals surface area contributed by atoms with E-state index in [1.54, 1.807) is 7.05 Å². The van der Waals surface area contributed by atoms with Gasteiger partial charge in [0, 0.05) is 12.6 Å². The van der Waals surface area contributed by atoms with Gasteiger partial charge < -0.3 is 20.9 Å². The summed E-state index contributed by atoms with van der Waals surface area (Å²) in [5, 5.41) is 9.03. The Hall–Kier alpha value is -2.57. The number of imidazole rings is 1. The van der Waals surface area contributed by atoms with Crippen LogP contribution < -0.4 is 16.0 Å². The zero-order valence-corrected chi connectivity index (χ0v) is 14.9. The summed E-state index contributed by atoms with van der Waals surface area (Å²) in [4.78, 5) is 23.7. The van der Waals surface area contributed by atoms with Gasteiger partial charge in [0.15, 0.2) is 5.96 Å². The fourth-order valence-electron chi connectivity index (χ4n) is 2.27. The van der Waals surface area contributed by atoms with Gasteiger partial charge in [-0.2, -0.15) is 0 Å². The molecule has 7 heteroatoms. The van der Waals surface area contributed by atoms with Crippen LogP contribution in [0.25, 0.3) is 11.0 Å². The number of H-pyrrole nitrogens is 1. The van der Waals surface area contributed by atoms with Crippen molar-refractivity contribution < 1.29 is 4.79 Å². The summed E-state index contributed by atoms with van der Waals surface area (Å²) in [5.74, 6) is 1.29. The van der Waals surface area contributed by atoms with Crippen LogP contribution in [0.2, 0.25) is 0 Å². The van der Waals surface area contributed by atoms with Crippen molar-refractivity contribution in [2.75, 3.05) is 13.6 Å². The van der Waals surface area contributed by atoms with Crippen molar-refractivity contribution in [1.29, 1.82) is 0 Å². The monoisotopic (exact) mass is 330 g/mol. The third kappa shape index (κ3) is 5.26. The van der Waals surface area contributed by atoms with Crippen LogP contribution in [0.3, 0.4) is 0 Å². The third-order valence-electron chi connectivity index (χ3n) is 3.26. The molecule has 130 valence electrons. The fourth-order valence-corrected chi connectivity index (χ4v) is 2.27. The van der Waals surface area contributed by atoms with E-state index in [9.17, 15) is 4.79 Å². The highest BCUT2D eigenvalue weighted by atomic mass is 16.2. The number of aromatic amines is 1. The number of guanidine groups is 1. The van der Waals surface area contributed by atoms with Gasteiger partial charge in [-0.1, -0.05) is 6.07 Å². The first-order valence-corrected chi connectivity index (χ1v) is 7.97. The number of aliphatic imine (C=N–C) groups is 1. The fraction of sp³-hybridized carbons (Fsp3) is 0.471. The number of carbonyl (C=O) groups excluding carboxylic acids is 1. The van der Waals surface area contributed by atoms with Crippen molar-refractivity contribution in [2.45, 2.75) is 39.8 Å². The molecular weight excluding hydrogens is 304 g/mol. The largest absolute Gasteiger partial charge is 0.350 e. The van der Waals surface area contributed by atoms with Crippen LogP contribution in [-0.2, 0) is 11.3 Å². The summed E-state index contributed by atoms with van der Waals surface area (Å²) in [6, 6.07) is 6.10. The molecule has 7 nitrogen and oxygen atoms in total. The Morgan fingerprint density at radius 3 is 2.71 bits per heavy atom. The molecule has 1 heterocycles. The van der Waals surface area contributed by atoms with Gasteiger partial charge in [-0.15, -0.1) is 0 Å². The lowest BCUT2D eigenvalue weighted by molar-refractivity contribution is -0.121. The zero-order valence-electron chi connectivity index (χ0n) is 14.9. The molecule has 0 aliphatic heterocycles. The molecule has 0 saturated heterocycles. The summed E-state index contributed by atoms with van der Waals surface area (Å²) in [5.41, 5.74) is 2.89. The molecule has 0 aliphatic rings. The van der Waals surface area contributed by atoms with E-state index in [4.69, 9.17) is 0 Å². The SMILES string of the molecule is CN=C(NCC(=O)NC(C)(C)C)NCc1nc2ccc(C)cc2[nH]1. The molecule has 0 radical (unpaired) electrons. The third-order valence-corrected chi connectivity index (χ3v) is 3.26. The van der Waals surface area contributed by atoms with Crippen molar-refractivity contribution in [1.82, 2.24) is 25.9 Å². The van der Waals surface area contributed by atoms with Crippen LogP contribution in [0.4, 0.5) is 0 Å². The van der Waals surface area contributed by atoms with E-state index in [-0.39, 0.29) is 18.0 Å². The highest BCUT2D eigenvalue weighted by molar-refractivity contribution is 5.86. The number of aryl methyl sites for hydroxylation is 1. The number of aromatic nitrogens is 2. The lowest BCUT2D eigenvalue weighted by atomic mass is 10.1. The molecule has 24 heavy (non-hydrogen) atoms. The molecule has 0 atom stereocenters. The number of nitrogens with zero attached hydrogens (tertiary/aromatic N) is 2. The number of benzene rings is 1. The second-order valence-corrected chi connectivity index (χ2v) is 6.78. The van der Waals surface area contributed by atoms with Crippen LogP contribution in [0, 0.1) is 6.92 Å². The van der Waals surface area contributed by atoms with E-state index in [0.717, 1.165) is 16.9 Å². The van der Waals surface area contributed by atoms with Gasteiger partial charge in [0.2, 0.25) is 5.91 Å². The first kappa shape index (κ1) is 17.8. The summed E-state index contributed by atoms with van der Waals surface area (Å²) in [6.45, 7) is 8.54. The second-order valence-electron chi connectivity index (χ2n) is 6.78. The van der Waals surface area contributed by atoms with Gasteiger partial charge in [0.1, 0.15) is 5.82 Å². The van der Waals surface area contributed by atoms with E-state index in [1.165, 1.54) is 5.56 Å². The Labute approximate surface area is 142 Å². The van der Waals surface area contributed by atoms with Gasteiger partial charge >= 0.3 is 0 Å². The number of carbonyl (C=O) groups is 1. The van der Waals surface area contributed by atoms with Gasteiger partial charge in [-0.3, -0.25) is 9.79 Å². The second kappa shape index (κ2) is 7.33. The predicted molar refractivity (Wildman–Crippen MR) is 96.9 cm³/mol. The first-order valence-electron chi connectivity index (χ1n) is 7.97. The molecular formula is C17H26N6O. The van der Waals surface area contributed by atoms with E-state index >= 15 is 0 Å². The number of amides is 1. The number of hydrogen-bond acceptors (Lipinski definition) is 3. The number of hydrogen-bond donors (Lipinski definition) is 4. The normalized spacial score (nSPS) is 12.3. The minimum Gasteiger partial charge on any atom is -0.350 e. The van der Waals surface area contributed by atoms with Crippen LogP contribution >= 0.6 is 0 Å². The van der Waals surface area contributed by atoms with Crippen molar-refractivity contribution >= 4 is 22.9 Å². The summed E-state index contributed by atoms with van der Waals surface area (Å²) in [6.07, 6.45) is 0. The van der Waals surface area contributed by atoms with E-state index in [2.05, 4.69) is 37.0 Å². The smallest absolute Gasteiger partial charge is 0.239 e. The highest BCUT2D eigenvalue weighted by Crippen LogP contribution is 2.12. The maximum absolute atomic E-state index is 11.8. The Bertz CT molecular complexity index is 741. The van der Waals surface area contributed by atoms with Crippen LogP contribution in [0.15, 0.2) is 23.2 Å². The summed E-state index contributed by atoms with van der Waals surface area (Å²) >= 11 is 0. The molecule has 0 aliphatic carbocycles. The van der Waals surface area contributed by atoms with Crippen molar-refractivity contribution in [3.05, 3.63) is 29.6 Å². The van der Waals surface area contributed by atoms with E-state index in [0.29, 0.717) is 12.5 Å². The Morgan fingerprint density at radius 1 is 1.29 bits per heavy atom. The van der Waals surface area contributed by atoms with Crippen LogP contribution in [0.5, 0.6) is 0 Å². The molecule has 2 rings (SSSR count). The quantitative estimate of drug-likeness (QED) is 0.504. The molecule has 1 amide bonds. The molecule has 0 unspecified atom stereocenters. The zero-order chi connectivity index (χ0) is 17.7. The predicted octanol–water partition coefficient (Wildman–Crippen LogP) is 1.45. The summed E-state index contributed by atoms with van der Waals surface area (Å²) < 4.78 is 0. The molecule has 0 fully saturated rings. The minimum absolute atomic E-state index is 0.0790. The maximum atomic E-state index is 11.8. The molecule has 1 aromatic heterocycles. The lowest BCUT2D eigenvalue weighted by Gasteiger charge is -2.21. The van der Waals surface area contributed by atoms with Gasteiger partial charge in [0.25, 0.3) is 0 Å². The van der Waals surface area contributed by atoms with Gasteiger partial charge in [-0.25, -0.2) is 4.98 Å². The standard InChI is InChI=1S/C17H26N6O/c1-11-6-7-12-13(8-11)22-14(21-12)9-19-16(18-5)20-10-15(24)23-17(2,3)4/h6-8H,9-10H2,1-5H3,(H,21,22)(H,23,24)(H2,18,19,20). The van der Waals surface area contributed by atoms with E-state index in [1.807, 2.05) is 39.8 Å². The van der Waals surface area contributed by atoms with E-state index < -0.39 is 0 Å². The molecule has 2 aromatic rings. The van der Waals surface area contributed by atoms with Crippen molar-refractivity contribution in [3.63, 3.8) is 0 Å². The molecule has 0 spiro atoms. The Kier molecular flexibility index (Phi) is 5.43. The average molecular weight is 330 g/mol. The number of nitrogens with one attached hydrogen (secondary N) is 4. The number of fused-ring (bicyclic) bond motifs is 1. The molecule has 0 saturated carbocycles. The maximum Gasteiger partial charge on any atom is 0.239 e. The average Bonchev–Trinajstić information content (AvgIpc) is 2.87. The highest BCUT2D eigenvalue weighted by Gasteiger charge is 2.13. The molecule has 1 aromatic carbocycles. The molecule has 4 N–H and O–H groups in total. The Balaban J connectivity index is 1.87. The van der Waals surface area contributed by atoms with Gasteiger partial charge in [-0.05, 0) is 45.4 Å². The topological polar surface area (TPSA) is 94.2 Å². The van der Waals surface area contributed by atoms with Crippen LogP contribution in [0.1, 0.15) is 32.2 Å².